The number of benzene rings is 1. The summed E-state index contributed by atoms with van der Waals surface area (Å²) in [7, 11) is 0. The SMILES string of the molecule is Cl.N[C@H]1[C@@H]2CCC[C@H]1[C@@H](c1ccc(O)cc1)CC2. The van der Waals surface area contributed by atoms with Crippen molar-refractivity contribution < 1.29 is 5.11 Å². The van der Waals surface area contributed by atoms with E-state index < -0.39 is 0 Å². The Morgan fingerprint density at radius 2 is 1.72 bits per heavy atom. The molecule has 1 aromatic rings. The molecule has 0 aliphatic heterocycles. The molecule has 18 heavy (non-hydrogen) atoms. The third kappa shape index (κ3) is 2.36. The summed E-state index contributed by atoms with van der Waals surface area (Å²) in [6, 6.07) is 8.14. The van der Waals surface area contributed by atoms with Crippen molar-refractivity contribution >= 4 is 12.4 Å². The highest BCUT2D eigenvalue weighted by Gasteiger charge is 2.40. The van der Waals surface area contributed by atoms with Crippen LogP contribution < -0.4 is 5.73 Å². The first-order valence-corrected chi connectivity index (χ1v) is 6.80. The molecule has 0 spiro atoms. The normalized spacial score (nSPS) is 34.7. The van der Waals surface area contributed by atoms with Gasteiger partial charge in [0.05, 0.1) is 0 Å². The molecular formula is C15H22ClNO. The molecule has 2 aliphatic rings. The van der Waals surface area contributed by atoms with E-state index in [1.165, 1.54) is 37.7 Å². The minimum atomic E-state index is 0. The summed E-state index contributed by atoms with van der Waals surface area (Å²) in [4.78, 5) is 0. The number of rotatable bonds is 1. The molecule has 0 amide bonds. The van der Waals surface area contributed by atoms with Crippen LogP contribution in [0.25, 0.3) is 0 Å². The fourth-order valence-corrected chi connectivity index (χ4v) is 3.90. The lowest BCUT2D eigenvalue weighted by Crippen LogP contribution is -2.46. The van der Waals surface area contributed by atoms with Crippen molar-refractivity contribution in [2.24, 2.45) is 17.6 Å². The highest BCUT2D eigenvalue weighted by atomic mass is 35.5. The van der Waals surface area contributed by atoms with E-state index in [4.69, 9.17) is 5.73 Å². The van der Waals surface area contributed by atoms with Gasteiger partial charge in [-0.25, -0.2) is 0 Å². The van der Waals surface area contributed by atoms with Crippen LogP contribution in [0, 0.1) is 11.8 Å². The number of hydrogen-bond acceptors (Lipinski definition) is 2. The van der Waals surface area contributed by atoms with Crippen LogP contribution in [-0.2, 0) is 0 Å². The molecule has 0 saturated heterocycles. The smallest absolute Gasteiger partial charge is 0.115 e. The Labute approximate surface area is 115 Å². The zero-order valence-electron chi connectivity index (χ0n) is 10.6. The van der Waals surface area contributed by atoms with E-state index in [-0.39, 0.29) is 12.4 Å². The molecule has 3 heteroatoms. The number of hydrogen-bond donors (Lipinski definition) is 2. The van der Waals surface area contributed by atoms with Crippen LogP contribution in [0.5, 0.6) is 5.75 Å². The molecule has 3 rings (SSSR count). The van der Waals surface area contributed by atoms with Gasteiger partial charge in [-0.15, -0.1) is 12.4 Å². The molecule has 0 unspecified atom stereocenters. The summed E-state index contributed by atoms with van der Waals surface area (Å²) in [5.41, 5.74) is 7.76. The molecule has 1 aromatic carbocycles. The molecule has 2 fully saturated rings. The van der Waals surface area contributed by atoms with Crippen LogP contribution in [0.3, 0.4) is 0 Å². The second-order valence-corrected chi connectivity index (χ2v) is 5.71. The highest BCUT2D eigenvalue weighted by Crippen LogP contribution is 2.47. The van der Waals surface area contributed by atoms with E-state index >= 15 is 0 Å². The predicted molar refractivity (Wildman–Crippen MR) is 76.1 cm³/mol. The Morgan fingerprint density at radius 3 is 2.44 bits per heavy atom. The summed E-state index contributed by atoms with van der Waals surface area (Å²) in [6.07, 6.45) is 6.51. The van der Waals surface area contributed by atoms with Gasteiger partial charge in [-0.2, -0.15) is 0 Å². The predicted octanol–water partition coefficient (Wildman–Crippen LogP) is 3.44. The average molecular weight is 268 g/mol. The average Bonchev–Trinajstić information content (AvgIpc) is 2.31. The lowest BCUT2D eigenvalue weighted by Gasteiger charge is -2.45. The molecule has 2 bridgehead atoms. The van der Waals surface area contributed by atoms with Gasteiger partial charge in [0.25, 0.3) is 0 Å². The van der Waals surface area contributed by atoms with Crippen molar-refractivity contribution in [1.82, 2.24) is 0 Å². The molecule has 2 nitrogen and oxygen atoms in total. The Bertz CT molecular complexity index is 392. The largest absolute Gasteiger partial charge is 0.508 e. The van der Waals surface area contributed by atoms with Crippen LogP contribution in [-0.4, -0.2) is 11.1 Å². The van der Waals surface area contributed by atoms with Crippen LogP contribution in [0.15, 0.2) is 24.3 Å². The zero-order valence-corrected chi connectivity index (χ0v) is 11.4. The summed E-state index contributed by atoms with van der Waals surface area (Å²) in [5, 5.41) is 9.36. The van der Waals surface area contributed by atoms with E-state index in [1.807, 2.05) is 0 Å². The fourth-order valence-electron chi connectivity index (χ4n) is 3.90. The first-order chi connectivity index (χ1) is 8.25. The van der Waals surface area contributed by atoms with Gasteiger partial charge in [0.2, 0.25) is 0 Å². The number of nitrogens with two attached hydrogens (primary N) is 1. The lowest BCUT2D eigenvalue weighted by atomic mass is 9.62. The van der Waals surface area contributed by atoms with E-state index in [0.29, 0.717) is 23.6 Å². The maximum Gasteiger partial charge on any atom is 0.115 e. The lowest BCUT2D eigenvalue weighted by molar-refractivity contribution is 0.128. The summed E-state index contributed by atoms with van der Waals surface area (Å²) in [5.74, 6) is 2.40. The van der Waals surface area contributed by atoms with Gasteiger partial charge in [-0.05, 0) is 61.1 Å². The van der Waals surface area contributed by atoms with Crippen LogP contribution in [0.4, 0.5) is 0 Å². The van der Waals surface area contributed by atoms with Crippen molar-refractivity contribution in [2.45, 2.75) is 44.1 Å². The first kappa shape index (κ1) is 13.7. The van der Waals surface area contributed by atoms with Crippen molar-refractivity contribution in [3.05, 3.63) is 29.8 Å². The van der Waals surface area contributed by atoms with E-state index in [0.717, 1.165) is 5.92 Å². The maximum absolute atomic E-state index is 9.36. The van der Waals surface area contributed by atoms with Gasteiger partial charge in [0, 0.05) is 6.04 Å². The number of fused-ring (bicyclic) bond motifs is 2. The van der Waals surface area contributed by atoms with Crippen molar-refractivity contribution in [1.29, 1.82) is 0 Å². The van der Waals surface area contributed by atoms with Gasteiger partial charge in [-0.1, -0.05) is 18.6 Å². The monoisotopic (exact) mass is 267 g/mol. The van der Waals surface area contributed by atoms with Gasteiger partial charge in [-0.3, -0.25) is 0 Å². The standard InChI is InChI=1S/C15H21NO.ClH/c16-15-11-2-1-3-14(15)13(9-6-11)10-4-7-12(17)8-5-10;/h4-5,7-8,11,13-15,17H,1-3,6,9,16H2;1H/t11-,13-,14+,15+;/m1./s1. The topological polar surface area (TPSA) is 46.2 Å². The summed E-state index contributed by atoms with van der Waals surface area (Å²) >= 11 is 0. The Morgan fingerprint density at radius 1 is 1.00 bits per heavy atom. The molecule has 100 valence electrons. The molecular weight excluding hydrogens is 246 g/mol. The molecule has 0 radical (unpaired) electrons. The number of halogens is 1. The van der Waals surface area contributed by atoms with Gasteiger partial charge in [0.1, 0.15) is 5.75 Å². The number of phenols is 1. The van der Waals surface area contributed by atoms with Gasteiger partial charge < -0.3 is 10.8 Å². The summed E-state index contributed by atoms with van der Waals surface area (Å²) in [6.45, 7) is 0. The quantitative estimate of drug-likeness (QED) is 0.819. The van der Waals surface area contributed by atoms with E-state index in [9.17, 15) is 5.11 Å². The molecule has 3 N–H and O–H groups in total. The molecule has 4 atom stereocenters. The van der Waals surface area contributed by atoms with Crippen LogP contribution in [0.2, 0.25) is 0 Å². The molecule has 2 saturated carbocycles. The maximum atomic E-state index is 9.36. The molecule has 0 aromatic heterocycles. The van der Waals surface area contributed by atoms with E-state index in [1.54, 1.807) is 12.1 Å². The van der Waals surface area contributed by atoms with Gasteiger partial charge in [0.15, 0.2) is 0 Å². The molecule has 2 aliphatic carbocycles. The second kappa shape index (κ2) is 5.50. The minimum absolute atomic E-state index is 0. The zero-order chi connectivity index (χ0) is 11.8. The van der Waals surface area contributed by atoms with Crippen molar-refractivity contribution in [3.8, 4) is 5.75 Å². The first-order valence-electron chi connectivity index (χ1n) is 6.80. The van der Waals surface area contributed by atoms with Crippen LogP contribution in [0.1, 0.15) is 43.6 Å². The second-order valence-electron chi connectivity index (χ2n) is 5.71. The molecule has 0 heterocycles. The van der Waals surface area contributed by atoms with Crippen molar-refractivity contribution in [3.63, 3.8) is 0 Å². The van der Waals surface area contributed by atoms with Crippen LogP contribution >= 0.6 is 12.4 Å². The van der Waals surface area contributed by atoms with Gasteiger partial charge >= 0.3 is 0 Å². The van der Waals surface area contributed by atoms with E-state index in [2.05, 4.69) is 12.1 Å². The number of phenolic OH excluding ortho intramolecular Hbond substituents is 1. The fraction of sp³-hybridized carbons (Fsp3) is 0.600. The van der Waals surface area contributed by atoms with Crippen molar-refractivity contribution in [2.75, 3.05) is 0 Å². The summed E-state index contributed by atoms with van der Waals surface area (Å²) < 4.78 is 0. The Kier molecular flexibility index (Phi) is 4.18. The minimum Gasteiger partial charge on any atom is -0.508 e. The third-order valence-corrected chi connectivity index (χ3v) is 4.84. The third-order valence-electron chi connectivity index (χ3n) is 4.84. The number of aromatic hydroxyl groups is 1. The Balaban J connectivity index is 0.00000120. The Hall–Kier alpha value is -0.730. The highest BCUT2D eigenvalue weighted by molar-refractivity contribution is 5.85.